The molecule has 1 amide bonds. The van der Waals surface area contributed by atoms with Crippen LogP contribution in [0.4, 0.5) is 11.4 Å². The predicted octanol–water partition coefficient (Wildman–Crippen LogP) is 5.91. The van der Waals surface area contributed by atoms with Gasteiger partial charge in [-0.1, -0.05) is 45.7 Å². The number of fused-ring (bicyclic) bond motifs is 4. The summed E-state index contributed by atoms with van der Waals surface area (Å²) in [5.41, 5.74) is 1.09. The smallest absolute Gasteiger partial charge is 0.236 e. The Morgan fingerprint density at radius 1 is 1.21 bits per heavy atom. The molecule has 174 valence electrons. The van der Waals surface area contributed by atoms with Crippen molar-refractivity contribution in [2.45, 2.75) is 18.7 Å². The Morgan fingerprint density at radius 2 is 1.94 bits per heavy atom. The van der Waals surface area contributed by atoms with Gasteiger partial charge in [-0.2, -0.15) is 0 Å². The highest BCUT2D eigenvalue weighted by molar-refractivity contribution is 9.10. The SMILES string of the molecule is COc1cccc2c1O[C@@]1(C)[C@H](C(=O)Nc3ccc(Cl)cc3)[C@H]2NC(=S)N1c1cccc(Br)c1. The Hall–Kier alpha value is -2.81. The lowest BCUT2D eigenvalue weighted by molar-refractivity contribution is -0.130. The second-order valence-electron chi connectivity index (χ2n) is 8.25. The molecule has 2 aliphatic rings. The second kappa shape index (κ2) is 8.76. The number of hydrogen-bond donors (Lipinski definition) is 2. The summed E-state index contributed by atoms with van der Waals surface area (Å²) in [5.74, 6) is 0.309. The van der Waals surface area contributed by atoms with Gasteiger partial charge in [0.2, 0.25) is 5.91 Å². The lowest BCUT2D eigenvalue weighted by Gasteiger charge is -2.56. The zero-order chi connectivity index (χ0) is 24.0. The maximum absolute atomic E-state index is 13.8. The highest BCUT2D eigenvalue weighted by Crippen LogP contribution is 2.52. The maximum atomic E-state index is 13.8. The van der Waals surface area contributed by atoms with Crippen molar-refractivity contribution in [2.75, 3.05) is 17.3 Å². The molecule has 6 nitrogen and oxygen atoms in total. The van der Waals surface area contributed by atoms with Crippen molar-refractivity contribution in [3.8, 4) is 11.5 Å². The van der Waals surface area contributed by atoms with E-state index in [0.717, 1.165) is 15.7 Å². The van der Waals surface area contributed by atoms with Crippen molar-refractivity contribution in [3.05, 3.63) is 81.8 Å². The van der Waals surface area contributed by atoms with Crippen LogP contribution in [0.5, 0.6) is 11.5 Å². The van der Waals surface area contributed by atoms with Crippen molar-refractivity contribution in [2.24, 2.45) is 5.92 Å². The minimum atomic E-state index is -1.15. The van der Waals surface area contributed by atoms with Crippen molar-refractivity contribution >= 4 is 62.1 Å². The topological polar surface area (TPSA) is 62.8 Å². The van der Waals surface area contributed by atoms with E-state index in [1.54, 1.807) is 31.4 Å². The summed E-state index contributed by atoms with van der Waals surface area (Å²) in [4.78, 5) is 15.7. The number of nitrogens with zero attached hydrogens (tertiary/aromatic N) is 1. The van der Waals surface area contributed by atoms with E-state index in [9.17, 15) is 4.79 Å². The number of rotatable bonds is 4. The van der Waals surface area contributed by atoms with Crippen LogP contribution in [-0.2, 0) is 4.79 Å². The Morgan fingerprint density at radius 3 is 2.65 bits per heavy atom. The molecule has 3 aromatic rings. The van der Waals surface area contributed by atoms with Crippen molar-refractivity contribution in [1.29, 1.82) is 0 Å². The van der Waals surface area contributed by atoms with Crippen LogP contribution in [0.1, 0.15) is 18.5 Å². The highest BCUT2D eigenvalue weighted by Gasteiger charge is 2.59. The number of nitrogens with one attached hydrogen (secondary N) is 2. The van der Waals surface area contributed by atoms with Crippen LogP contribution in [0.25, 0.3) is 0 Å². The zero-order valence-electron chi connectivity index (χ0n) is 18.3. The van der Waals surface area contributed by atoms with Gasteiger partial charge >= 0.3 is 0 Å². The van der Waals surface area contributed by atoms with Gasteiger partial charge in [0.15, 0.2) is 22.3 Å². The van der Waals surface area contributed by atoms with Crippen molar-refractivity contribution < 1.29 is 14.3 Å². The maximum Gasteiger partial charge on any atom is 0.236 e. The summed E-state index contributed by atoms with van der Waals surface area (Å²) in [7, 11) is 1.60. The lowest BCUT2D eigenvalue weighted by atomic mass is 9.78. The van der Waals surface area contributed by atoms with E-state index < -0.39 is 17.7 Å². The summed E-state index contributed by atoms with van der Waals surface area (Å²) in [6.07, 6.45) is 0. The Kier molecular flexibility index (Phi) is 5.91. The molecule has 1 fully saturated rings. The quantitative estimate of drug-likeness (QED) is 0.388. The lowest BCUT2D eigenvalue weighted by Crippen LogP contribution is -2.72. The summed E-state index contributed by atoms with van der Waals surface area (Å²) in [6.45, 7) is 1.88. The largest absolute Gasteiger partial charge is 0.493 e. The summed E-state index contributed by atoms with van der Waals surface area (Å²) in [6, 6.07) is 19.9. The van der Waals surface area contributed by atoms with E-state index >= 15 is 0 Å². The number of benzene rings is 3. The molecule has 2 bridgehead atoms. The number of thiocarbonyl (C=S) groups is 1. The van der Waals surface area contributed by atoms with Crippen LogP contribution < -0.4 is 25.0 Å². The van der Waals surface area contributed by atoms with Gasteiger partial charge in [0.25, 0.3) is 0 Å². The molecule has 0 aliphatic carbocycles. The number of halogens is 2. The molecule has 0 aromatic heterocycles. The van der Waals surface area contributed by atoms with Crippen LogP contribution in [0.3, 0.4) is 0 Å². The summed E-state index contributed by atoms with van der Waals surface area (Å²) >= 11 is 15.3. The number of hydrogen-bond acceptors (Lipinski definition) is 4. The molecule has 5 rings (SSSR count). The first kappa shape index (κ1) is 23.0. The number of carbonyl (C=O) groups is 1. The minimum absolute atomic E-state index is 0.210. The second-order valence-corrected chi connectivity index (χ2v) is 9.99. The molecular formula is C25H21BrClN3O3S. The molecule has 0 saturated carbocycles. The molecule has 3 atom stereocenters. The fourth-order valence-corrected chi connectivity index (χ4v) is 5.62. The Balaban J connectivity index is 1.65. The average molecular weight is 559 g/mol. The van der Waals surface area contributed by atoms with Gasteiger partial charge in [0.1, 0.15) is 5.92 Å². The van der Waals surface area contributed by atoms with E-state index in [-0.39, 0.29) is 5.91 Å². The van der Waals surface area contributed by atoms with Crippen LogP contribution >= 0.6 is 39.7 Å². The van der Waals surface area contributed by atoms with Gasteiger partial charge in [-0.25, -0.2) is 0 Å². The first-order chi connectivity index (χ1) is 16.3. The molecule has 3 aromatic carbocycles. The van der Waals surface area contributed by atoms with E-state index in [2.05, 4.69) is 26.6 Å². The van der Waals surface area contributed by atoms with E-state index in [0.29, 0.717) is 27.3 Å². The molecule has 9 heteroatoms. The van der Waals surface area contributed by atoms with Crippen molar-refractivity contribution in [1.82, 2.24) is 5.32 Å². The third-order valence-corrected chi connectivity index (χ3v) is 7.22. The molecule has 2 N–H and O–H groups in total. The predicted molar refractivity (Wildman–Crippen MR) is 141 cm³/mol. The van der Waals surface area contributed by atoms with Crippen LogP contribution in [0, 0.1) is 5.92 Å². The van der Waals surface area contributed by atoms with E-state index in [1.807, 2.05) is 54.3 Å². The van der Waals surface area contributed by atoms with Gasteiger partial charge in [-0.3, -0.25) is 9.69 Å². The van der Waals surface area contributed by atoms with Gasteiger partial charge in [0.05, 0.1) is 13.2 Å². The fraction of sp³-hybridized carbons (Fsp3) is 0.200. The van der Waals surface area contributed by atoms with Gasteiger partial charge in [0, 0.05) is 26.4 Å². The fourth-order valence-electron chi connectivity index (χ4n) is 4.69. The molecule has 0 spiro atoms. The standard InChI is InChI=1S/C25H21BrClN3O3S/c1-25-20(23(31)28-16-11-9-15(27)10-12-16)21(18-7-4-8-19(32-2)22(18)33-25)29-24(34)30(25)17-6-3-5-14(26)13-17/h3-13,20-21H,1-2H3,(H,28,31)(H,29,34)/t20-,21-,25-/m0/s1. The summed E-state index contributed by atoms with van der Waals surface area (Å²) < 4.78 is 13.1. The Labute approximate surface area is 216 Å². The molecular weight excluding hydrogens is 538 g/mol. The summed E-state index contributed by atoms with van der Waals surface area (Å²) in [5, 5.41) is 7.48. The molecule has 2 heterocycles. The van der Waals surface area contributed by atoms with Crippen molar-refractivity contribution in [3.63, 3.8) is 0 Å². The van der Waals surface area contributed by atoms with E-state index in [4.69, 9.17) is 33.3 Å². The highest BCUT2D eigenvalue weighted by atomic mass is 79.9. The monoisotopic (exact) mass is 557 g/mol. The Bertz CT molecular complexity index is 1290. The third kappa shape index (κ3) is 3.79. The number of ether oxygens (including phenoxy) is 2. The van der Waals surface area contributed by atoms with Gasteiger partial charge in [-0.15, -0.1) is 0 Å². The first-order valence-electron chi connectivity index (χ1n) is 10.6. The molecule has 0 radical (unpaired) electrons. The van der Waals surface area contributed by atoms with Crippen LogP contribution in [0.2, 0.25) is 5.02 Å². The third-order valence-electron chi connectivity index (χ3n) is 6.17. The number of carbonyl (C=O) groups excluding carboxylic acids is 1. The van der Waals surface area contributed by atoms with Gasteiger partial charge in [-0.05, 0) is 67.7 Å². The average Bonchev–Trinajstić information content (AvgIpc) is 2.79. The molecule has 34 heavy (non-hydrogen) atoms. The van der Waals surface area contributed by atoms with E-state index in [1.165, 1.54) is 0 Å². The minimum Gasteiger partial charge on any atom is -0.493 e. The molecule has 0 unspecified atom stereocenters. The zero-order valence-corrected chi connectivity index (χ0v) is 21.5. The molecule has 2 aliphatic heterocycles. The number of methoxy groups -OCH3 is 1. The number of anilines is 2. The van der Waals surface area contributed by atoms with Crippen LogP contribution in [0.15, 0.2) is 71.2 Å². The van der Waals surface area contributed by atoms with Crippen LogP contribution in [-0.4, -0.2) is 23.9 Å². The number of para-hydroxylation sites is 1. The number of amides is 1. The molecule has 1 saturated heterocycles. The normalized spacial score (nSPS) is 22.8. The van der Waals surface area contributed by atoms with Gasteiger partial charge < -0.3 is 20.1 Å². The first-order valence-corrected chi connectivity index (χ1v) is 12.2.